The van der Waals surface area contributed by atoms with E-state index in [1.807, 2.05) is 29.2 Å². The van der Waals surface area contributed by atoms with Gasteiger partial charge in [0.15, 0.2) is 0 Å². The third-order valence-electron chi connectivity index (χ3n) is 4.44. The highest BCUT2D eigenvalue weighted by molar-refractivity contribution is 5.79. The Bertz CT molecular complexity index is 445. The summed E-state index contributed by atoms with van der Waals surface area (Å²) in [5.41, 5.74) is 7.65. The monoisotopic (exact) mass is 288 g/mol. The van der Waals surface area contributed by atoms with Crippen LogP contribution < -0.4 is 5.73 Å². The summed E-state index contributed by atoms with van der Waals surface area (Å²) in [5, 5.41) is 0. The number of rotatable bonds is 4. The number of carbonyl (C=O) groups is 1. The van der Waals surface area contributed by atoms with Crippen molar-refractivity contribution in [1.82, 2.24) is 4.90 Å². The molecule has 0 aliphatic heterocycles. The third kappa shape index (κ3) is 4.48. The molecule has 2 rings (SSSR count). The van der Waals surface area contributed by atoms with Crippen molar-refractivity contribution in [2.24, 2.45) is 5.92 Å². The molecule has 1 fully saturated rings. The average Bonchev–Trinajstić information content (AvgIpc) is 2.74. The van der Waals surface area contributed by atoms with E-state index in [4.69, 9.17) is 5.73 Å². The van der Waals surface area contributed by atoms with Gasteiger partial charge in [-0.15, -0.1) is 0 Å². The predicted molar refractivity (Wildman–Crippen MR) is 87.7 cm³/mol. The zero-order chi connectivity index (χ0) is 15.2. The fourth-order valence-corrected chi connectivity index (χ4v) is 3.10. The first-order valence-corrected chi connectivity index (χ1v) is 8.23. The van der Waals surface area contributed by atoms with Gasteiger partial charge in [0, 0.05) is 24.2 Å². The summed E-state index contributed by atoms with van der Waals surface area (Å²) >= 11 is 0. The first-order chi connectivity index (χ1) is 10.1. The maximum absolute atomic E-state index is 12.9. The van der Waals surface area contributed by atoms with Gasteiger partial charge in [-0.3, -0.25) is 4.79 Å². The number of carbonyl (C=O) groups excluding carboxylic acids is 1. The number of nitrogens with zero attached hydrogens (tertiary/aromatic N) is 1. The molecule has 1 aliphatic rings. The molecular formula is C18H28N2O. The summed E-state index contributed by atoms with van der Waals surface area (Å²) in [6, 6.07) is 8.09. The van der Waals surface area contributed by atoms with Crippen LogP contribution in [-0.4, -0.2) is 16.8 Å². The molecule has 0 saturated heterocycles. The van der Waals surface area contributed by atoms with Crippen LogP contribution in [0.3, 0.4) is 0 Å². The number of anilines is 1. The lowest BCUT2D eigenvalue weighted by atomic mass is 9.97. The topological polar surface area (TPSA) is 46.3 Å². The highest BCUT2D eigenvalue weighted by Crippen LogP contribution is 2.26. The van der Waals surface area contributed by atoms with Crippen LogP contribution >= 0.6 is 0 Å². The quantitative estimate of drug-likeness (QED) is 0.673. The van der Waals surface area contributed by atoms with Crippen LogP contribution in [0, 0.1) is 5.92 Å². The SMILES string of the molecule is CC(C)N(Cc1ccc(N)cc1)C(=O)C1CCCCCC1. The van der Waals surface area contributed by atoms with Gasteiger partial charge in [0.2, 0.25) is 5.91 Å². The van der Waals surface area contributed by atoms with Crippen molar-refractivity contribution in [1.29, 1.82) is 0 Å². The molecule has 1 aromatic carbocycles. The largest absolute Gasteiger partial charge is 0.399 e. The van der Waals surface area contributed by atoms with E-state index in [0.717, 1.165) is 24.1 Å². The van der Waals surface area contributed by atoms with Gasteiger partial charge in [-0.05, 0) is 44.4 Å². The fourth-order valence-electron chi connectivity index (χ4n) is 3.10. The predicted octanol–water partition coefficient (Wildman–Crippen LogP) is 3.98. The standard InChI is InChI=1S/C18H28N2O/c1-14(2)20(13-15-9-11-17(19)12-10-15)18(21)16-7-5-3-4-6-8-16/h9-12,14,16H,3-8,13,19H2,1-2H3. The zero-order valence-electron chi connectivity index (χ0n) is 13.3. The molecule has 1 aromatic rings. The van der Waals surface area contributed by atoms with Gasteiger partial charge in [-0.1, -0.05) is 37.8 Å². The van der Waals surface area contributed by atoms with Crippen LogP contribution in [0.25, 0.3) is 0 Å². The van der Waals surface area contributed by atoms with E-state index in [-0.39, 0.29) is 12.0 Å². The van der Waals surface area contributed by atoms with Crippen molar-refractivity contribution in [3.63, 3.8) is 0 Å². The average molecular weight is 288 g/mol. The minimum Gasteiger partial charge on any atom is -0.399 e. The van der Waals surface area contributed by atoms with Crippen molar-refractivity contribution in [2.75, 3.05) is 5.73 Å². The molecule has 0 bridgehead atoms. The molecule has 116 valence electrons. The number of hydrogen-bond donors (Lipinski definition) is 1. The molecule has 1 saturated carbocycles. The second-order valence-corrected chi connectivity index (χ2v) is 6.49. The van der Waals surface area contributed by atoms with Crippen LogP contribution in [0.5, 0.6) is 0 Å². The highest BCUT2D eigenvalue weighted by Gasteiger charge is 2.26. The zero-order valence-corrected chi connectivity index (χ0v) is 13.3. The number of nitrogen functional groups attached to an aromatic ring is 1. The Morgan fingerprint density at radius 3 is 2.24 bits per heavy atom. The van der Waals surface area contributed by atoms with E-state index in [2.05, 4.69) is 13.8 Å². The Kier molecular flexibility index (Phi) is 5.66. The lowest BCUT2D eigenvalue weighted by Gasteiger charge is -2.30. The van der Waals surface area contributed by atoms with Crippen LogP contribution in [0.4, 0.5) is 5.69 Å². The van der Waals surface area contributed by atoms with E-state index in [0.29, 0.717) is 12.5 Å². The van der Waals surface area contributed by atoms with Gasteiger partial charge in [-0.2, -0.15) is 0 Å². The molecule has 0 aromatic heterocycles. The molecule has 0 spiro atoms. The molecule has 3 nitrogen and oxygen atoms in total. The minimum absolute atomic E-state index is 0.226. The van der Waals surface area contributed by atoms with Crippen molar-refractivity contribution in [2.45, 2.75) is 65.0 Å². The smallest absolute Gasteiger partial charge is 0.226 e. The van der Waals surface area contributed by atoms with E-state index in [1.54, 1.807) is 0 Å². The second kappa shape index (κ2) is 7.48. The molecular weight excluding hydrogens is 260 g/mol. The Hall–Kier alpha value is -1.51. The van der Waals surface area contributed by atoms with Gasteiger partial charge in [0.05, 0.1) is 0 Å². The fraction of sp³-hybridized carbons (Fsp3) is 0.611. The Labute approximate surface area is 128 Å². The van der Waals surface area contributed by atoms with Crippen molar-refractivity contribution in [3.8, 4) is 0 Å². The van der Waals surface area contributed by atoms with E-state index in [1.165, 1.54) is 25.7 Å². The van der Waals surface area contributed by atoms with Gasteiger partial charge in [0.25, 0.3) is 0 Å². The van der Waals surface area contributed by atoms with E-state index >= 15 is 0 Å². The Morgan fingerprint density at radius 1 is 1.14 bits per heavy atom. The summed E-state index contributed by atoms with van der Waals surface area (Å²) in [6.07, 6.45) is 7.08. The van der Waals surface area contributed by atoms with Crippen molar-refractivity contribution < 1.29 is 4.79 Å². The molecule has 0 unspecified atom stereocenters. The van der Waals surface area contributed by atoms with Crippen molar-refractivity contribution in [3.05, 3.63) is 29.8 Å². The van der Waals surface area contributed by atoms with Crippen molar-refractivity contribution >= 4 is 11.6 Å². The molecule has 1 aliphatic carbocycles. The maximum atomic E-state index is 12.9. The number of amides is 1. The molecule has 21 heavy (non-hydrogen) atoms. The maximum Gasteiger partial charge on any atom is 0.226 e. The summed E-state index contributed by atoms with van der Waals surface area (Å²) in [7, 11) is 0. The van der Waals surface area contributed by atoms with Crippen LogP contribution in [0.2, 0.25) is 0 Å². The minimum atomic E-state index is 0.226. The van der Waals surface area contributed by atoms with Crippen LogP contribution in [0.15, 0.2) is 24.3 Å². The number of nitrogens with two attached hydrogens (primary N) is 1. The molecule has 0 atom stereocenters. The van der Waals surface area contributed by atoms with Gasteiger partial charge >= 0.3 is 0 Å². The first kappa shape index (κ1) is 15.9. The molecule has 2 N–H and O–H groups in total. The van der Waals surface area contributed by atoms with E-state index < -0.39 is 0 Å². The summed E-state index contributed by atoms with van der Waals surface area (Å²) in [5.74, 6) is 0.562. The Balaban J connectivity index is 2.06. The third-order valence-corrected chi connectivity index (χ3v) is 4.44. The molecule has 0 heterocycles. The molecule has 0 radical (unpaired) electrons. The summed E-state index contributed by atoms with van der Waals surface area (Å²) in [6.45, 7) is 4.89. The van der Waals surface area contributed by atoms with E-state index in [9.17, 15) is 4.79 Å². The Morgan fingerprint density at radius 2 is 1.71 bits per heavy atom. The highest BCUT2D eigenvalue weighted by atomic mass is 16.2. The summed E-state index contributed by atoms with van der Waals surface area (Å²) in [4.78, 5) is 14.9. The normalized spacial score (nSPS) is 16.7. The van der Waals surface area contributed by atoms with Gasteiger partial charge in [-0.25, -0.2) is 0 Å². The number of benzene rings is 1. The number of hydrogen-bond acceptors (Lipinski definition) is 2. The molecule has 1 amide bonds. The van der Waals surface area contributed by atoms with Gasteiger partial charge < -0.3 is 10.6 Å². The lowest BCUT2D eigenvalue weighted by Crippen LogP contribution is -2.40. The second-order valence-electron chi connectivity index (χ2n) is 6.49. The van der Waals surface area contributed by atoms with Crippen LogP contribution in [0.1, 0.15) is 57.9 Å². The van der Waals surface area contributed by atoms with Crippen LogP contribution in [-0.2, 0) is 11.3 Å². The lowest BCUT2D eigenvalue weighted by molar-refractivity contribution is -0.138. The molecule has 3 heteroatoms. The van der Waals surface area contributed by atoms with Gasteiger partial charge in [0.1, 0.15) is 0 Å². The first-order valence-electron chi connectivity index (χ1n) is 8.23. The summed E-state index contributed by atoms with van der Waals surface area (Å²) < 4.78 is 0.